The third kappa shape index (κ3) is 31.0. The van der Waals surface area contributed by atoms with Crippen LogP contribution in [0, 0.1) is 0 Å². The van der Waals surface area contributed by atoms with E-state index in [1.807, 2.05) is 6.08 Å². The van der Waals surface area contributed by atoms with E-state index in [0.717, 1.165) is 26.2 Å². The van der Waals surface area contributed by atoms with Gasteiger partial charge in [-0.05, 0) is 6.42 Å². The quantitative estimate of drug-likeness (QED) is 0.530. The molecule has 0 aliphatic rings. The van der Waals surface area contributed by atoms with E-state index in [0.29, 0.717) is 0 Å². The van der Waals surface area contributed by atoms with Crippen LogP contribution in [0.25, 0.3) is 0 Å². The van der Waals surface area contributed by atoms with Crippen LogP contribution in [0.1, 0.15) is 39.5 Å². The fourth-order valence-electron chi connectivity index (χ4n) is 0.624. The monoisotopic (exact) mass is 202 g/mol. The molecule has 0 heterocycles. The lowest BCUT2D eigenvalue weighted by atomic mass is 10.2. The zero-order valence-electron chi connectivity index (χ0n) is 8.69. The second-order valence-corrected chi connectivity index (χ2v) is 2.73. The molecule has 14 heavy (non-hydrogen) atoms. The Labute approximate surface area is 84.3 Å². The highest BCUT2D eigenvalue weighted by molar-refractivity contribution is 5.68. The minimum atomic E-state index is -0.833. The normalized spacial score (nSPS) is 9.29. The first-order chi connectivity index (χ1) is 6.50. The Bertz CT molecular complexity index is 181. The first-order valence-electron chi connectivity index (χ1n) is 4.57. The van der Waals surface area contributed by atoms with E-state index in [1.54, 1.807) is 6.08 Å². The number of hydrogen-bond donors (Lipinski definition) is 2. The summed E-state index contributed by atoms with van der Waals surface area (Å²) >= 11 is 0. The molecule has 0 aliphatic heterocycles. The second kappa shape index (κ2) is 11.7. The van der Waals surface area contributed by atoms with Gasteiger partial charge in [-0.3, -0.25) is 9.59 Å². The summed E-state index contributed by atoms with van der Waals surface area (Å²) in [5.74, 6) is -1.59. The van der Waals surface area contributed by atoms with Gasteiger partial charge in [-0.1, -0.05) is 31.9 Å². The molecular formula is C10H18O4. The summed E-state index contributed by atoms with van der Waals surface area (Å²) in [5, 5.41) is 15.6. The maximum absolute atomic E-state index is 9.98. The highest BCUT2D eigenvalue weighted by Gasteiger charge is 1.87. The van der Waals surface area contributed by atoms with E-state index >= 15 is 0 Å². The zero-order valence-corrected chi connectivity index (χ0v) is 8.69. The lowest BCUT2D eigenvalue weighted by Gasteiger charge is -1.86. The molecule has 0 rings (SSSR count). The van der Waals surface area contributed by atoms with Crippen LogP contribution in [0.3, 0.4) is 0 Å². The van der Waals surface area contributed by atoms with E-state index in [4.69, 9.17) is 15.0 Å². The number of carboxylic acid groups (broad SMARTS) is 2. The zero-order chi connectivity index (χ0) is 11.4. The first kappa shape index (κ1) is 15.2. The third-order valence-corrected chi connectivity index (χ3v) is 1.18. The van der Waals surface area contributed by atoms with E-state index in [9.17, 15) is 4.79 Å². The number of hydrogen-bond acceptors (Lipinski definition) is 2. The summed E-state index contributed by atoms with van der Waals surface area (Å²) in [6.45, 7) is 3.20. The Balaban J connectivity index is 0. The third-order valence-electron chi connectivity index (χ3n) is 1.18. The number of carbonyl (C=O) groups is 2. The van der Waals surface area contributed by atoms with Gasteiger partial charge in [0.15, 0.2) is 0 Å². The summed E-state index contributed by atoms with van der Waals surface area (Å²) in [7, 11) is 0. The second-order valence-electron chi connectivity index (χ2n) is 2.73. The molecule has 0 saturated carbocycles. The van der Waals surface area contributed by atoms with Crippen molar-refractivity contribution in [2.45, 2.75) is 39.5 Å². The Kier molecular flexibility index (Phi) is 12.7. The first-order valence-corrected chi connectivity index (χ1v) is 4.57. The maximum Gasteiger partial charge on any atom is 0.307 e. The number of allylic oxidation sites excluding steroid dienone is 1. The van der Waals surface area contributed by atoms with Crippen LogP contribution < -0.4 is 0 Å². The fourth-order valence-corrected chi connectivity index (χ4v) is 0.624. The average molecular weight is 202 g/mol. The molecule has 0 unspecified atom stereocenters. The Morgan fingerprint density at radius 3 is 2.07 bits per heavy atom. The van der Waals surface area contributed by atoms with Gasteiger partial charge in [0, 0.05) is 6.92 Å². The van der Waals surface area contributed by atoms with E-state index in [-0.39, 0.29) is 6.42 Å². The molecule has 0 aliphatic carbocycles. The van der Waals surface area contributed by atoms with Gasteiger partial charge in [-0.15, -0.1) is 0 Å². The van der Waals surface area contributed by atoms with Gasteiger partial charge in [0.2, 0.25) is 0 Å². The van der Waals surface area contributed by atoms with Crippen molar-refractivity contribution in [1.29, 1.82) is 0 Å². The molecule has 4 heteroatoms. The van der Waals surface area contributed by atoms with Gasteiger partial charge >= 0.3 is 5.97 Å². The molecule has 0 fully saturated rings. The van der Waals surface area contributed by atoms with Crippen molar-refractivity contribution < 1.29 is 19.8 Å². The molecule has 0 aromatic rings. The lowest BCUT2D eigenvalue weighted by Crippen LogP contribution is -1.89. The molecule has 0 aromatic carbocycles. The van der Waals surface area contributed by atoms with Crippen LogP contribution in [0.15, 0.2) is 12.2 Å². The molecule has 0 spiro atoms. The van der Waals surface area contributed by atoms with Gasteiger partial charge in [0.25, 0.3) is 5.97 Å². The molecule has 4 nitrogen and oxygen atoms in total. The van der Waals surface area contributed by atoms with E-state index in [1.165, 1.54) is 0 Å². The molecule has 0 amide bonds. The highest BCUT2D eigenvalue weighted by Crippen LogP contribution is 1.95. The van der Waals surface area contributed by atoms with Crippen LogP contribution in [0.4, 0.5) is 0 Å². The van der Waals surface area contributed by atoms with Crippen LogP contribution in [-0.2, 0) is 9.59 Å². The van der Waals surface area contributed by atoms with Gasteiger partial charge in [0.05, 0.1) is 6.42 Å². The standard InChI is InChI=1S/C8H14O2.C2H4O2/c1-2-3-4-5-6-7-8(9)10;1-2(3)4/h5-6H,2-4,7H2,1H3,(H,9,10);1H3,(H,3,4). The topological polar surface area (TPSA) is 74.6 Å². The smallest absolute Gasteiger partial charge is 0.307 e. The van der Waals surface area contributed by atoms with Crippen molar-refractivity contribution >= 4 is 11.9 Å². The van der Waals surface area contributed by atoms with Crippen LogP contribution in [0.2, 0.25) is 0 Å². The molecule has 0 radical (unpaired) electrons. The number of rotatable bonds is 5. The van der Waals surface area contributed by atoms with Crippen molar-refractivity contribution in [3.8, 4) is 0 Å². The van der Waals surface area contributed by atoms with E-state index in [2.05, 4.69) is 6.92 Å². The average Bonchev–Trinajstić information content (AvgIpc) is 2.02. The molecule has 2 N–H and O–H groups in total. The predicted molar refractivity (Wildman–Crippen MR) is 54.2 cm³/mol. The summed E-state index contributed by atoms with van der Waals surface area (Å²) < 4.78 is 0. The molecule has 0 bridgehead atoms. The summed E-state index contributed by atoms with van der Waals surface area (Å²) in [5.41, 5.74) is 0. The van der Waals surface area contributed by atoms with Crippen LogP contribution in [0.5, 0.6) is 0 Å². The van der Waals surface area contributed by atoms with Crippen LogP contribution >= 0.6 is 0 Å². The van der Waals surface area contributed by atoms with Crippen LogP contribution in [-0.4, -0.2) is 22.2 Å². The Morgan fingerprint density at radius 2 is 1.71 bits per heavy atom. The van der Waals surface area contributed by atoms with Crippen molar-refractivity contribution in [2.75, 3.05) is 0 Å². The van der Waals surface area contributed by atoms with Gasteiger partial charge in [-0.25, -0.2) is 0 Å². The van der Waals surface area contributed by atoms with Gasteiger partial charge in [0.1, 0.15) is 0 Å². The summed E-state index contributed by atoms with van der Waals surface area (Å²) in [4.78, 5) is 19.0. The maximum atomic E-state index is 9.98. The minimum Gasteiger partial charge on any atom is -0.481 e. The van der Waals surface area contributed by atoms with Crippen molar-refractivity contribution in [1.82, 2.24) is 0 Å². The van der Waals surface area contributed by atoms with E-state index < -0.39 is 11.9 Å². The SMILES string of the molecule is CC(=O)O.CCCCC=CCC(=O)O. The molecule has 0 aromatic heterocycles. The Morgan fingerprint density at radius 1 is 1.21 bits per heavy atom. The molecular weight excluding hydrogens is 184 g/mol. The highest BCUT2D eigenvalue weighted by atomic mass is 16.4. The lowest BCUT2D eigenvalue weighted by molar-refractivity contribution is -0.136. The van der Waals surface area contributed by atoms with Crippen molar-refractivity contribution in [3.63, 3.8) is 0 Å². The predicted octanol–water partition coefficient (Wildman–Crippen LogP) is 2.30. The van der Waals surface area contributed by atoms with Crippen molar-refractivity contribution in [2.24, 2.45) is 0 Å². The molecule has 0 atom stereocenters. The summed E-state index contributed by atoms with van der Waals surface area (Å²) in [6.07, 6.45) is 7.11. The molecule has 0 saturated heterocycles. The summed E-state index contributed by atoms with van der Waals surface area (Å²) in [6, 6.07) is 0. The minimum absolute atomic E-state index is 0.156. The Hall–Kier alpha value is -1.32. The van der Waals surface area contributed by atoms with Crippen molar-refractivity contribution in [3.05, 3.63) is 12.2 Å². The largest absolute Gasteiger partial charge is 0.481 e. The van der Waals surface area contributed by atoms with Gasteiger partial charge < -0.3 is 10.2 Å². The number of carboxylic acids is 2. The number of aliphatic carboxylic acids is 2. The number of unbranched alkanes of at least 4 members (excludes halogenated alkanes) is 2. The fraction of sp³-hybridized carbons (Fsp3) is 0.600. The van der Waals surface area contributed by atoms with Gasteiger partial charge in [-0.2, -0.15) is 0 Å². The molecule has 82 valence electrons.